The molecule has 8 heteroatoms. The van der Waals surface area contributed by atoms with Crippen molar-refractivity contribution in [1.82, 2.24) is 14.5 Å². The van der Waals surface area contributed by atoms with Crippen molar-refractivity contribution in [2.75, 3.05) is 39.0 Å². The average molecular weight is 318 g/mol. The van der Waals surface area contributed by atoms with Gasteiger partial charge in [0.05, 0.1) is 6.26 Å². The zero-order valence-corrected chi connectivity index (χ0v) is 13.4. The van der Waals surface area contributed by atoms with Gasteiger partial charge in [0, 0.05) is 25.7 Å². The lowest BCUT2D eigenvalue weighted by atomic mass is 9.95. The Morgan fingerprint density at radius 1 is 1.24 bits per heavy atom. The first-order valence-electron chi connectivity index (χ1n) is 7.60. The lowest BCUT2D eigenvalue weighted by Crippen LogP contribution is -2.51. The molecule has 0 aromatic heterocycles. The van der Waals surface area contributed by atoms with Crippen molar-refractivity contribution in [3.05, 3.63) is 0 Å². The normalized spacial score (nSPS) is 23.1. The Hall–Kier alpha value is -0.860. The average Bonchev–Trinajstić information content (AvgIpc) is 2.45. The van der Waals surface area contributed by atoms with E-state index in [9.17, 15) is 13.2 Å². The molecular weight excluding hydrogens is 292 g/mol. The van der Waals surface area contributed by atoms with E-state index in [1.807, 2.05) is 0 Å². The molecule has 0 aliphatic carbocycles. The van der Waals surface area contributed by atoms with Gasteiger partial charge in [0.15, 0.2) is 0 Å². The van der Waals surface area contributed by atoms with Gasteiger partial charge in [0.2, 0.25) is 10.0 Å². The second-order valence-corrected chi connectivity index (χ2v) is 8.06. The number of nitrogens with one attached hydrogen (secondary N) is 1. The zero-order chi connectivity index (χ0) is 15.5. The summed E-state index contributed by atoms with van der Waals surface area (Å²) in [6, 6.07) is -0.135. The number of primary amides is 1. The highest BCUT2D eigenvalue weighted by Crippen LogP contribution is 2.22. The summed E-state index contributed by atoms with van der Waals surface area (Å²) in [6.45, 7) is 3.57. The predicted molar refractivity (Wildman–Crippen MR) is 81.3 cm³/mol. The maximum absolute atomic E-state index is 11.7. The van der Waals surface area contributed by atoms with Crippen LogP contribution in [0, 0.1) is 5.92 Å². The van der Waals surface area contributed by atoms with Gasteiger partial charge in [-0.25, -0.2) is 17.5 Å². The molecule has 2 fully saturated rings. The number of amides is 2. The van der Waals surface area contributed by atoms with Crippen molar-refractivity contribution in [2.24, 2.45) is 11.7 Å². The molecule has 2 saturated heterocycles. The molecule has 0 spiro atoms. The van der Waals surface area contributed by atoms with Gasteiger partial charge >= 0.3 is 6.03 Å². The molecule has 0 saturated carbocycles. The van der Waals surface area contributed by atoms with Gasteiger partial charge in [-0.15, -0.1) is 0 Å². The highest BCUT2D eigenvalue weighted by Gasteiger charge is 2.30. The Bertz CT molecular complexity index is 454. The van der Waals surface area contributed by atoms with E-state index in [1.165, 1.54) is 10.6 Å². The Kier molecular flexibility index (Phi) is 5.45. The SMILES string of the molecule is CS(=O)(=O)N1CCC(CN(C(N)=O)C2CCNCC2)CC1. The van der Waals surface area contributed by atoms with Crippen molar-refractivity contribution in [3.63, 3.8) is 0 Å². The topological polar surface area (TPSA) is 95.7 Å². The largest absolute Gasteiger partial charge is 0.351 e. The molecule has 0 unspecified atom stereocenters. The lowest BCUT2D eigenvalue weighted by molar-refractivity contribution is 0.137. The van der Waals surface area contributed by atoms with E-state index in [0.29, 0.717) is 25.6 Å². The molecule has 0 aromatic carbocycles. The van der Waals surface area contributed by atoms with Crippen LogP contribution < -0.4 is 11.1 Å². The number of carbonyl (C=O) groups is 1. The summed E-state index contributed by atoms with van der Waals surface area (Å²) < 4.78 is 24.5. The second kappa shape index (κ2) is 6.93. The maximum Gasteiger partial charge on any atom is 0.315 e. The lowest BCUT2D eigenvalue weighted by Gasteiger charge is -2.38. The monoisotopic (exact) mass is 318 g/mol. The van der Waals surface area contributed by atoms with Crippen LogP contribution in [0.3, 0.4) is 0 Å². The van der Waals surface area contributed by atoms with E-state index in [2.05, 4.69) is 5.32 Å². The second-order valence-electron chi connectivity index (χ2n) is 6.08. The first-order chi connectivity index (χ1) is 9.88. The van der Waals surface area contributed by atoms with Crippen LogP contribution in [-0.4, -0.2) is 68.7 Å². The third-order valence-electron chi connectivity index (χ3n) is 4.53. The number of nitrogens with two attached hydrogens (primary N) is 1. The van der Waals surface area contributed by atoms with Crippen molar-refractivity contribution < 1.29 is 13.2 Å². The Morgan fingerprint density at radius 2 is 1.81 bits per heavy atom. The molecule has 2 rings (SSSR count). The number of nitrogens with zero attached hydrogens (tertiary/aromatic N) is 2. The van der Waals surface area contributed by atoms with Gasteiger partial charge in [0.1, 0.15) is 0 Å². The van der Waals surface area contributed by atoms with Crippen LogP contribution in [0.1, 0.15) is 25.7 Å². The van der Waals surface area contributed by atoms with Gasteiger partial charge < -0.3 is 16.0 Å². The quantitative estimate of drug-likeness (QED) is 0.750. The molecule has 2 amide bonds. The third-order valence-corrected chi connectivity index (χ3v) is 5.83. The molecule has 122 valence electrons. The van der Waals surface area contributed by atoms with Crippen LogP contribution in [0.25, 0.3) is 0 Å². The number of carbonyl (C=O) groups excluding carboxylic acids is 1. The highest BCUT2D eigenvalue weighted by atomic mass is 32.2. The van der Waals surface area contributed by atoms with Crippen LogP contribution in [0.2, 0.25) is 0 Å². The molecule has 3 N–H and O–H groups in total. The molecule has 0 radical (unpaired) electrons. The molecule has 21 heavy (non-hydrogen) atoms. The van der Waals surface area contributed by atoms with E-state index in [0.717, 1.165) is 38.8 Å². The summed E-state index contributed by atoms with van der Waals surface area (Å²) in [5.41, 5.74) is 5.54. The molecule has 2 aliphatic heterocycles. The van der Waals surface area contributed by atoms with Crippen LogP contribution >= 0.6 is 0 Å². The number of sulfonamides is 1. The first-order valence-corrected chi connectivity index (χ1v) is 9.44. The van der Waals surface area contributed by atoms with Gasteiger partial charge in [0.25, 0.3) is 0 Å². The van der Waals surface area contributed by atoms with Crippen molar-refractivity contribution in [1.29, 1.82) is 0 Å². The van der Waals surface area contributed by atoms with Crippen LogP contribution in [0.4, 0.5) is 4.79 Å². The predicted octanol–water partition coefficient (Wildman–Crippen LogP) is -0.209. The van der Waals surface area contributed by atoms with E-state index in [1.54, 1.807) is 4.90 Å². The fourth-order valence-corrected chi connectivity index (χ4v) is 4.11. The molecule has 0 aromatic rings. The van der Waals surface area contributed by atoms with Crippen LogP contribution in [-0.2, 0) is 10.0 Å². The van der Waals surface area contributed by atoms with Gasteiger partial charge in [-0.1, -0.05) is 0 Å². The minimum absolute atomic E-state index is 0.219. The Labute approximate surface area is 126 Å². The standard InChI is InChI=1S/C13H26N4O3S/c1-21(19,20)16-8-4-11(5-9-16)10-17(13(14)18)12-2-6-15-7-3-12/h11-12,15H,2-10H2,1H3,(H2,14,18). The van der Waals surface area contributed by atoms with E-state index in [-0.39, 0.29) is 12.1 Å². The summed E-state index contributed by atoms with van der Waals surface area (Å²) in [7, 11) is -3.09. The van der Waals surface area contributed by atoms with Crippen molar-refractivity contribution >= 4 is 16.1 Å². The Balaban J connectivity index is 1.89. The number of rotatable bonds is 4. The van der Waals surface area contributed by atoms with E-state index < -0.39 is 10.0 Å². The van der Waals surface area contributed by atoms with E-state index in [4.69, 9.17) is 5.73 Å². The molecule has 0 bridgehead atoms. The number of piperidine rings is 2. The fraction of sp³-hybridized carbons (Fsp3) is 0.923. The number of hydrogen-bond acceptors (Lipinski definition) is 4. The molecule has 2 heterocycles. The minimum Gasteiger partial charge on any atom is -0.351 e. The maximum atomic E-state index is 11.7. The summed E-state index contributed by atoms with van der Waals surface area (Å²) in [5.74, 6) is 0.338. The third kappa shape index (κ3) is 4.55. The van der Waals surface area contributed by atoms with Gasteiger partial charge in [-0.2, -0.15) is 0 Å². The number of urea groups is 1. The zero-order valence-electron chi connectivity index (χ0n) is 12.6. The molecular formula is C13H26N4O3S. The molecule has 0 atom stereocenters. The van der Waals surface area contributed by atoms with Crippen LogP contribution in [0.15, 0.2) is 0 Å². The fourth-order valence-electron chi connectivity index (χ4n) is 3.24. The minimum atomic E-state index is -3.09. The summed E-state index contributed by atoms with van der Waals surface area (Å²) in [6.07, 6.45) is 4.71. The number of hydrogen-bond donors (Lipinski definition) is 2. The smallest absolute Gasteiger partial charge is 0.315 e. The highest BCUT2D eigenvalue weighted by molar-refractivity contribution is 7.88. The molecule has 7 nitrogen and oxygen atoms in total. The van der Waals surface area contributed by atoms with Crippen molar-refractivity contribution in [3.8, 4) is 0 Å². The summed E-state index contributed by atoms with van der Waals surface area (Å²) >= 11 is 0. The Morgan fingerprint density at radius 3 is 2.29 bits per heavy atom. The van der Waals surface area contributed by atoms with Crippen LogP contribution in [0.5, 0.6) is 0 Å². The summed E-state index contributed by atoms with van der Waals surface area (Å²) in [5, 5.41) is 3.28. The van der Waals surface area contributed by atoms with E-state index >= 15 is 0 Å². The van der Waals surface area contributed by atoms with Crippen molar-refractivity contribution in [2.45, 2.75) is 31.7 Å². The molecule has 2 aliphatic rings. The summed E-state index contributed by atoms with van der Waals surface area (Å²) in [4.78, 5) is 13.5. The van der Waals surface area contributed by atoms with Gasteiger partial charge in [-0.05, 0) is 44.7 Å². The first kappa shape index (κ1) is 16.5. The van der Waals surface area contributed by atoms with Gasteiger partial charge in [-0.3, -0.25) is 0 Å².